The topological polar surface area (TPSA) is 144 Å². The molecule has 0 bridgehead atoms. The van der Waals surface area contributed by atoms with Gasteiger partial charge in [0.1, 0.15) is 22.9 Å². The predicted octanol–water partition coefficient (Wildman–Crippen LogP) is 4.62. The molecule has 6 rings (SSSR count). The van der Waals surface area contributed by atoms with Gasteiger partial charge in [-0.25, -0.2) is 9.59 Å². The smallest absolute Gasteiger partial charge is 0.338 e. The molecule has 0 amide bonds. The van der Waals surface area contributed by atoms with E-state index in [-0.39, 0.29) is 29.9 Å². The largest absolute Gasteiger partial charge is 0.481 e. The number of aliphatic carboxylic acids is 1. The van der Waals surface area contributed by atoms with Gasteiger partial charge >= 0.3 is 17.9 Å². The van der Waals surface area contributed by atoms with Crippen LogP contribution in [-0.2, 0) is 20.7 Å². The van der Waals surface area contributed by atoms with Crippen molar-refractivity contribution in [2.75, 3.05) is 0 Å². The molecule has 1 heterocycles. The summed E-state index contributed by atoms with van der Waals surface area (Å²) in [4.78, 5) is 40.5. The van der Waals surface area contributed by atoms with Crippen LogP contribution in [0.25, 0.3) is 0 Å². The van der Waals surface area contributed by atoms with Crippen molar-refractivity contribution < 1.29 is 43.6 Å². The van der Waals surface area contributed by atoms with Crippen molar-refractivity contribution >= 4 is 17.9 Å². The van der Waals surface area contributed by atoms with Crippen molar-refractivity contribution in [1.29, 1.82) is 0 Å². The number of fused-ring (bicyclic) bond motifs is 4. The Hall–Kier alpha value is -3.95. The zero-order valence-electron chi connectivity index (χ0n) is 24.3. The Bertz CT molecular complexity index is 1530. The molecule has 3 aliphatic rings. The average Bonchev–Trinajstić information content (AvgIpc) is 3.49. The molecule has 1 unspecified atom stereocenters. The lowest BCUT2D eigenvalue weighted by Gasteiger charge is -2.68. The first-order chi connectivity index (χ1) is 20.4. The molecule has 9 atom stereocenters. The lowest BCUT2D eigenvalue weighted by atomic mass is 9.39. The molecule has 3 aliphatic carbocycles. The summed E-state index contributed by atoms with van der Waals surface area (Å²) in [6.07, 6.45) is -2.06. The van der Waals surface area contributed by atoms with E-state index in [1.807, 2.05) is 13.0 Å². The van der Waals surface area contributed by atoms with Crippen LogP contribution < -0.4 is 0 Å². The highest BCUT2D eigenvalue weighted by atomic mass is 16.6. The van der Waals surface area contributed by atoms with Crippen molar-refractivity contribution in [3.8, 4) is 0 Å². The normalized spacial score (nSPS) is 36.4. The van der Waals surface area contributed by atoms with Crippen LogP contribution in [0.5, 0.6) is 0 Å². The second-order valence-electron chi connectivity index (χ2n) is 12.6. The number of esters is 2. The van der Waals surface area contributed by atoms with Crippen LogP contribution in [0.4, 0.5) is 0 Å². The van der Waals surface area contributed by atoms with Gasteiger partial charge < -0.3 is 29.2 Å². The van der Waals surface area contributed by atoms with Gasteiger partial charge in [0.15, 0.2) is 6.10 Å². The standard InChI is InChI=1S/C34H36O9/c1-19-22-15-17-41-24(22)18-23-26(19)27(42-29(36)20-10-6-4-7-11-20)28(43-30(37)21-12-8-5-9-13-21)34(40)32(23,2)16-14-25(35)33(34,3)31(38)39/h4-13,15,17,19,23,25-28,35,40H,14,16,18H2,1-3H3,(H,38,39)/t19-,23-,25?,26-,27+,28-,32+,33+,34-/m0/s1. The first kappa shape index (κ1) is 29.1. The number of rotatable bonds is 5. The summed E-state index contributed by atoms with van der Waals surface area (Å²) >= 11 is 0. The molecule has 0 saturated heterocycles. The zero-order valence-corrected chi connectivity index (χ0v) is 24.3. The van der Waals surface area contributed by atoms with Gasteiger partial charge in [0.25, 0.3) is 0 Å². The van der Waals surface area contributed by atoms with Gasteiger partial charge in [-0.2, -0.15) is 0 Å². The highest BCUT2D eigenvalue weighted by Crippen LogP contribution is 2.68. The quantitative estimate of drug-likeness (QED) is 0.364. The van der Waals surface area contributed by atoms with Crippen molar-refractivity contribution in [3.63, 3.8) is 0 Å². The molecule has 9 nitrogen and oxygen atoms in total. The molecular formula is C34H36O9. The minimum Gasteiger partial charge on any atom is -0.481 e. The molecule has 43 heavy (non-hydrogen) atoms. The number of hydrogen-bond acceptors (Lipinski definition) is 8. The van der Waals surface area contributed by atoms with Crippen LogP contribution in [0, 0.1) is 22.7 Å². The van der Waals surface area contributed by atoms with E-state index in [1.165, 1.54) is 6.92 Å². The monoisotopic (exact) mass is 588 g/mol. The maximum atomic E-state index is 13.7. The second-order valence-corrected chi connectivity index (χ2v) is 12.6. The Morgan fingerprint density at radius 3 is 2.07 bits per heavy atom. The number of benzene rings is 2. The number of aliphatic hydroxyl groups excluding tert-OH is 1. The van der Waals surface area contributed by atoms with Gasteiger partial charge in [-0.3, -0.25) is 4.79 Å². The van der Waals surface area contributed by atoms with E-state index < -0.39 is 64.5 Å². The van der Waals surface area contributed by atoms with E-state index in [0.717, 1.165) is 5.56 Å². The molecule has 0 aliphatic heterocycles. The molecular weight excluding hydrogens is 552 g/mol. The van der Waals surface area contributed by atoms with Crippen molar-refractivity contribution in [1.82, 2.24) is 0 Å². The SMILES string of the molecule is C[C@H]1c2ccoc2C[C@H]2[C@H]1[C@@H](OC(=O)c1ccccc1)[C@H](OC(=O)c1ccccc1)[C@@]1(O)[C@@](C)(C(=O)O)C(O)CC[C@]21C. The Morgan fingerprint density at radius 1 is 0.907 bits per heavy atom. The zero-order chi connectivity index (χ0) is 30.7. The summed E-state index contributed by atoms with van der Waals surface area (Å²) in [5.74, 6) is -3.42. The maximum Gasteiger partial charge on any atom is 0.338 e. The molecule has 9 heteroatoms. The molecule has 226 valence electrons. The number of hydrogen-bond donors (Lipinski definition) is 3. The number of carbonyl (C=O) groups is 3. The number of carboxylic acid groups (broad SMARTS) is 1. The van der Waals surface area contributed by atoms with Crippen molar-refractivity contribution in [3.05, 3.63) is 95.4 Å². The number of carbonyl (C=O) groups excluding carboxylic acids is 2. The minimum atomic E-state index is -2.36. The summed E-state index contributed by atoms with van der Waals surface area (Å²) in [5.41, 5.74) is -4.38. The van der Waals surface area contributed by atoms with Crippen LogP contribution in [0.2, 0.25) is 0 Å². The van der Waals surface area contributed by atoms with E-state index in [4.69, 9.17) is 13.9 Å². The molecule has 0 spiro atoms. The summed E-state index contributed by atoms with van der Waals surface area (Å²) in [7, 11) is 0. The summed E-state index contributed by atoms with van der Waals surface area (Å²) in [6, 6.07) is 18.4. The lowest BCUT2D eigenvalue weighted by Crippen LogP contribution is -2.81. The molecule has 3 N–H and O–H groups in total. The van der Waals surface area contributed by atoms with Gasteiger partial charge in [-0.1, -0.05) is 50.2 Å². The third kappa shape index (κ3) is 4.08. The van der Waals surface area contributed by atoms with Crippen LogP contribution in [0.15, 0.2) is 77.4 Å². The number of aliphatic hydroxyl groups is 2. The highest BCUT2D eigenvalue weighted by molar-refractivity contribution is 5.90. The van der Waals surface area contributed by atoms with Crippen LogP contribution in [0.1, 0.15) is 71.6 Å². The number of ether oxygens (including phenoxy) is 2. The maximum absolute atomic E-state index is 13.7. The van der Waals surface area contributed by atoms with Crippen LogP contribution in [-0.4, -0.2) is 57.1 Å². The minimum absolute atomic E-state index is 0.109. The number of carboxylic acids is 1. The Balaban J connectivity index is 1.58. The molecule has 1 aromatic heterocycles. The lowest BCUT2D eigenvalue weighted by molar-refractivity contribution is -0.327. The molecule has 0 radical (unpaired) electrons. The molecule has 2 fully saturated rings. The van der Waals surface area contributed by atoms with Gasteiger partial charge in [0, 0.05) is 17.8 Å². The van der Waals surface area contributed by atoms with Gasteiger partial charge in [-0.05, 0) is 67.5 Å². The van der Waals surface area contributed by atoms with E-state index in [0.29, 0.717) is 12.2 Å². The second kappa shape index (κ2) is 10.3. The van der Waals surface area contributed by atoms with E-state index in [1.54, 1.807) is 73.9 Å². The average molecular weight is 589 g/mol. The fourth-order valence-electron chi connectivity index (χ4n) is 8.39. The highest BCUT2D eigenvalue weighted by Gasteiger charge is 2.79. The van der Waals surface area contributed by atoms with Gasteiger partial charge in [0.05, 0.1) is 23.5 Å². The number of furan rings is 1. The Labute approximate surface area is 249 Å². The third-order valence-corrected chi connectivity index (χ3v) is 10.8. The van der Waals surface area contributed by atoms with E-state index in [2.05, 4.69) is 0 Å². The molecule has 2 aromatic carbocycles. The van der Waals surface area contributed by atoms with Crippen LogP contribution in [0.3, 0.4) is 0 Å². The Morgan fingerprint density at radius 2 is 1.49 bits per heavy atom. The summed E-state index contributed by atoms with van der Waals surface area (Å²) in [6.45, 7) is 5.07. The third-order valence-electron chi connectivity index (χ3n) is 10.8. The van der Waals surface area contributed by atoms with E-state index in [9.17, 15) is 29.7 Å². The van der Waals surface area contributed by atoms with Crippen LogP contribution >= 0.6 is 0 Å². The summed E-state index contributed by atoms with van der Waals surface area (Å²) < 4.78 is 18.3. The molecule has 3 aromatic rings. The van der Waals surface area contributed by atoms with E-state index >= 15 is 0 Å². The predicted molar refractivity (Wildman–Crippen MR) is 153 cm³/mol. The first-order valence-corrected chi connectivity index (χ1v) is 14.7. The summed E-state index contributed by atoms with van der Waals surface area (Å²) in [5, 5.41) is 35.1. The van der Waals surface area contributed by atoms with Crippen molar-refractivity contribution in [2.24, 2.45) is 22.7 Å². The fraction of sp³-hybridized carbons (Fsp3) is 0.441. The van der Waals surface area contributed by atoms with Crippen molar-refractivity contribution in [2.45, 2.75) is 69.9 Å². The fourth-order valence-corrected chi connectivity index (χ4v) is 8.39. The Kier molecular flexibility index (Phi) is 7.01. The van der Waals surface area contributed by atoms with Gasteiger partial charge in [0.2, 0.25) is 0 Å². The first-order valence-electron chi connectivity index (χ1n) is 14.7. The molecule has 2 saturated carbocycles. The van der Waals surface area contributed by atoms with Gasteiger partial charge in [-0.15, -0.1) is 0 Å².